The van der Waals surface area contributed by atoms with Crippen LogP contribution in [0, 0.1) is 13.8 Å². The molecule has 0 saturated carbocycles. The summed E-state index contributed by atoms with van der Waals surface area (Å²) < 4.78 is 2.78. The minimum atomic E-state index is -0.583. The average molecular weight is 533 g/mol. The van der Waals surface area contributed by atoms with Crippen molar-refractivity contribution >= 4 is 52.0 Å². The molecule has 186 valence electrons. The quantitative estimate of drug-likeness (QED) is 0.276. The Morgan fingerprint density at radius 3 is 2.35 bits per heavy atom. The van der Waals surface area contributed by atoms with Crippen molar-refractivity contribution in [2.45, 2.75) is 27.2 Å². The van der Waals surface area contributed by atoms with Gasteiger partial charge in [0.1, 0.15) is 5.57 Å². The van der Waals surface area contributed by atoms with E-state index in [9.17, 15) is 14.7 Å². The highest BCUT2D eigenvalue weighted by atomic mass is 35.5. The first-order valence-corrected chi connectivity index (χ1v) is 12.4. The van der Waals surface area contributed by atoms with Crippen molar-refractivity contribution in [3.8, 4) is 11.6 Å². The molecule has 0 fully saturated rings. The molecule has 2 aromatic carbocycles. The van der Waals surface area contributed by atoms with Crippen LogP contribution in [0.1, 0.15) is 29.3 Å². The Balaban J connectivity index is 1.78. The molecule has 0 N–H and O–H groups in total. The first-order chi connectivity index (χ1) is 17.7. The van der Waals surface area contributed by atoms with Crippen LogP contribution in [0.25, 0.3) is 17.0 Å². The smallest absolute Gasteiger partial charge is 0.331 e. The standard InChI is InChI=1S/C28H22Cl2N4O3/c1-4-22-23(27(36)34(31-22)19-10-11-20(29)21(30)14-19)24-25(32-12-6-8-17(3)15-32)28(37)33(26(24)35)18-9-5-7-16(2)13-18/h5-15H,4H2,1-3H3. The largest absolute Gasteiger partial charge is 0.858 e. The summed E-state index contributed by atoms with van der Waals surface area (Å²) in [6, 6.07) is 15.5. The topological polar surface area (TPSA) is 82.1 Å². The van der Waals surface area contributed by atoms with E-state index in [2.05, 4.69) is 5.10 Å². The number of hydrogen-bond acceptors (Lipinski definition) is 4. The van der Waals surface area contributed by atoms with E-state index in [1.165, 1.54) is 10.7 Å². The zero-order valence-electron chi connectivity index (χ0n) is 20.3. The first-order valence-electron chi connectivity index (χ1n) is 11.6. The van der Waals surface area contributed by atoms with E-state index in [1.807, 2.05) is 32.9 Å². The van der Waals surface area contributed by atoms with Crippen molar-refractivity contribution in [1.29, 1.82) is 0 Å². The summed E-state index contributed by atoms with van der Waals surface area (Å²) >= 11 is 12.2. The molecule has 37 heavy (non-hydrogen) atoms. The minimum Gasteiger partial charge on any atom is -0.858 e. The van der Waals surface area contributed by atoms with Gasteiger partial charge in [0.15, 0.2) is 12.4 Å². The number of carbonyl (C=O) groups is 2. The number of anilines is 1. The van der Waals surface area contributed by atoms with E-state index < -0.39 is 17.7 Å². The zero-order valence-corrected chi connectivity index (χ0v) is 21.8. The van der Waals surface area contributed by atoms with E-state index in [4.69, 9.17) is 23.2 Å². The maximum atomic E-state index is 14.0. The Morgan fingerprint density at radius 1 is 0.919 bits per heavy atom. The van der Waals surface area contributed by atoms with Crippen LogP contribution in [0.4, 0.5) is 5.69 Å². The molecule has 4 aromatic rings. The first kappa shape index (κ1) is 24.7. The van der Waals surface area contributed by atoms with Crippen LogP contribution in [-0.4, -0.2) is 21.6 Å². The monoisotopic (exact) mass is 532 g/mol. The molecule has 0 spiro atoms. The van der Waals surface area contributed by atoms with Crippen LogP contribution >= 0.6 is 23.2 Å². The molecular formula is C28H22Cl2N4O3. The Labute approximate surface area is 223 Å². The summed E-state index contributed by atoms with van der Waals surface area (Å²) in [5, 5.41) is 18.9. The molecule has 0 bridgehead atoms. The van der Waals surface area contributed by atoms with Gasteiger partial charge in [-0.05, 0) is 68.1 Å². The average Bonchev–Trinajstić information content (AvgIpc) is 3.32. The van der Waals surface area contributed by atoms with Gasteiger partial charge in [-0.1, -0.05) is 42.3 Å². The van der Waals surface area contributed by atoms with Crippen LogP contribution in [0.3, 0.4) is 0 Å². The number of benzene rings is 2. The number of halogens is 2. The van der Waals surface area contributed by atoms with E-state index in [0.29, 0.717) is 28.5 Å². The number of carbonyl (C=O) groups excluding carboxylic acids is 2. The van der Waals surface area contributed by atoms with Crippen LogP contribution in [0.5, 0.6) is 5.88 Å². The van der Waals surface area contributed by atoms with E-state index >= 15 is 0 Å². The van der Waals surface area contributed by atoms with Crippen molar-refractivity contribution in [3.63, 3.8) is 0 Å². The lowest BCUT2D eigenvalue weighted by atomic mass is 10.0. The van der Waals surface area contributed by atoms with Crippen LogP contribution in [-0.2, 0) is 16.0 Å². The summed E-state index contributed by atoms with van der Waals surface area (Å²) in [4.78, 5) is 29.0. The zero-order chi connectivity index (χ0) is 26.4. The van der Waals surface area contributed by atoms with Gasteiger partial charge in [0.25, 0.3) is 11.6 Å². The normalized spacial score (nSPS) is 13.7. The molecule has 0 atom stereocenters. The minimum absolute atomic E-state index is 0.00951. The molecule has 2 amide bonds. The molecule has 0 saturated heterocycles. The highest BCUT2D eigenvalue weighted by Gasteiger charge is 2.47. The number of nitrogens with zero attached hydrogens (tertiary/aromatic N) is 4. The third-order valence-corrected chi connectivity index (χ3v) is 6.91. The molecule has 0 radical (unpaired) electrons. The second-order valence-corrected chi connectivity index (χ2v) is 9.60. The molecule has 1 aliphatic rings. The lowest BCUT2D eigenvalue weighted by Crippen LogP contribution is -2.39. The molecule has 0 aliphatic carbocycles. The molecular weight excluding hydrogens is 511 g/mol. The predicted octanol–water partition coefficient (Wildman–Crippen LogP) is 4.66. The summed E-state index contributed by atoms with van der Waals surface area (Å²) in [5.41, 5.74) is 3.19. The van der Waals surface area contributed by atoms with Gasteiger partial charge in [0, 0.05) is 17.2 Å². The summed E-state index contributed by atoms with van der Waals surface area (Å²) in [6.45, 7) is 5.60. The second-order valence-electron chi connectivity index (χ2n) is 8.79. The van der Waals surface area contributed by atoms with Gasteiger partial charge in [-0.25, -0.2) is 9.58 Å². The molecule has 9 heteroatoms. The summed E-state index contributed by atoms with van der Waals surface area (Å²) in [6.07, 6.45) is 3.80. The Morgan fingerprint density at radius 2 is 1.68 bits per heavy atom. The van der Waals surface area contributed by atoms with Crippen molar-refractivity contribution in [2.75, 3.05) is 4.90 Å². The number of aromatic nitrogens is 3. The fourth-order valence-corrected chi connectivity index (χ4v) is 4.74. The number of imide groups is 1. The van der Waals surface area contributed by atoms with Gasteiger partial charge >= 0.3 is 5.91 Å². The molecule has 0 unspecified atom stereocenters. The van der Waals surface area contributed by atoms with Crippen LogP contribution < -0.4 is 14.6 Å². The maximum absolute atomic E-state index is 14.0. The lowest BCUT2D eigenvalue weighted by molar-refractivity contribution is -0.577. The number of amides is 2. The molecule has 3 heterocycles. The summed E-state index contributed by atoms with van der Waals surface area (Å²) in [7, 11) is 0. The second kappa shape index (κ2) is 9.50. The fraction of sp³-hybridized carbons (Fsp3) is 0.143. The fourth-order valence-electron chi connectivity index (χ4n) is 4.45. The third kappa shape index (κ3) is 4.20. The highest BCUT2D eigenvalue weighted by molar-refractivity contribution is 6.53. The van der Waals surface area contributed by atoms with E-state index in [1.54, 1.807) is 53.4 Å². The molecule has 2 aromatic heterocycles. The van der Waals surface area contributed by atoms with Gasteiger partial charge < -0.3 is 5.11 Å². The Bertz CT molecular complexity index is 1620. The van der Waals surface area contributed by atoms with Gasteiger partial charge in [-0.3, -0.25) is 9.59 Å². The van der Waals surface area contributed by atoms with E-state index in [0.717, 1.165) is 16.0 Å². The lowest BCUT2D eigenvalue weighted by Gasteiger charge is -2.16. The highest BCUT2D eigenvalue weighted by Crippen LogP contribution is 2.39. The van der Waals surface area contributed by atoms with E-state index in [-0.39, 0.29) is 21.9 Å². The molecule has 7 nitrogen and oxygen atoms in total. The number of rotatable bonds is 5. The van der Waals surface area contributed by atoms with Crippen LogP contribution in [0.2, 0.25) is 10.0 Å². The predicted molar refractivity (Wildman–Crippen MR) is 141 cm³/mol. The molecule has 5 rings (SSSR count). The van der Waals surface area contributed by atoms with Gasteiger partial charge in [0.2, 0.25) is 0 Å². The Kier molecular flexibility index (Phi) is 6.35. The van der Waals surface area contributed by atoms with Gasteiger partial charge in [-0.2, -0.15) is 9.67 Å². The van der Waals surface area contributed by atoms with Crippen molar-refractivity contribution in [2.24, 2.45) is 0 Å². The Hall–Kier alpha value is -3.94. The van der Waals surface area contributed by atoms with Gasteiger partial charge in [0.05, 0.1) is 27.1 Å². The van der Waals surface area contributed by atoms with Crippen molar-refractivity contribution in [1.82, 2.24) is 9.78 Å². The van der Waals surface area contributed by atoms with Crippen molar-refractivity contribution < 1.29 is 19.3 Å². The number of aryl methyl sites for hydroxylation is 3. The van der Waals surface area contributed by atoms with Crippen molar-refractivity contribution in [3.05, 3.63) is 99.4 Å². The maximum Gasteiger partial charge on any atom is 0.331 e. The van der Waals surface area contributed by atoms with Gasteiger partial charge in [-0.15, -0.1) is 0 Å². The third-order valence-electron chi connectivity index (χ3n) is 6.17. The summed E-state index contributed by atoms with van der Waals surface area (Å²) in [5.74, 6) is -1.63. The SMILES string of the molecule is CCc1nn(-c2ccc(Cl)c(Cl)c2)c([O-])c1C1=C([n+]2cccc(C)c2)C(=O)N(c2cccc(C)c2)C1=O. The molecule has 1 aliphatic heterocycles. The van der Waals surface area contributed by atoms with Crippen LogP contribution in [0.15, 0.2) is 67.0 Å². The number of pyridine rings is 1. The number of hydrogen-bond donors (Lipinski definition) is 0.